The summed E-state index contributed by atoms with van der Waals surface area (Å²) in [6.45, 7) is 1.14. The number of ether oxygens (including phenoxy) is 1. The Hall–Kier alpha value is -1.40. The fraction of sp³-hybridized carbons (Fsp3) is 0.250. The van der Waals surface area contributed by atoms with E-state index in [1.165, 1.54) is 12.1 Å². The molecule has 0 unspecified atom stereocenters. The van der Waals surface area contributed by atoms with Crippen molar-refractivity contribution in [1.29, 1.82) is 0 Å². The second-order valence-electron chi connectivity index (χ2n) is 4.12. The largest absolute Gasteiger partial charge is 0.382 e. The zero-order chi connectivity index (χ0) is 12.7. The minimum absolute atomic E-state index is 0.289. The molecule has 1 aromatic heterocycles. The van der Waals surface area contributed by atoms with E-state index in [0.29, 0.717) is 23.5 Å². The maximum atomic E-state index is 13.1. The molecule has 0 saturated heterocycles. The molecule has 0 amide bonds. The lowest BCUT2D eigenvalue weighted by molar-refractivity contribution is 0.110. The molecule has 0 atom stereocenters. The lowest BCUT2D eigenvalue weighted by atomic mass is 10.1. The molecule has 2 aromatic rings. The van der Waals surface area contributed by atoms with Crippen LogP contribution in [0, 0.1) is 5.82 Å². The summed E-state index contributed by atoms with van der Waals surface area (Å²) in [4.78, 5) is 0. The average Bonchev–Trinajstić information content (AvgIpc) is 2.68. The highest BCUT2D eigenvalue weighted by atomic mass is 79.9. The molecule has 3 rings (SSSR count). The Bertz CT molecular complexity index is 612. The van der Waals surface area contributed by atoms with Crippen LogP contribution in [0.5, 0.6) is 0 Å². The molecular formula is C12H11BrFN3O. The molecule has 0 fully saturated rings. The van der Waals surface area contributed by atoms with Crippen molar-refractivity contribution in [3.63, 3.8) is 0 Å². The Morgan fingerprint density at radius 2 is 2.28 bits per heavy atom. The predicted octanol–water partition coefficient (Wildman–Crippen LogP) is 2.43. The second kappa shape index (κ2) is 4.37. The number of rotatable bonds is 1. The Kier molecular flexibility index (Phi) is 2.83. The Balaban J connectivity index is 2.17. The van der Waals surface area contributed by atoms with Gasteiger partial charge in [0.1, 0.15) is 5.82 Å². The number of fused-ring (bicyclic) bond motifs is 1. The first kappa shape index (κ1) is 11.7. The molecule has 1 aromatic carbocycles. The first-order valence-electron chi connectivity index (χ1n) is 5.56. The van der Waals surface area contributed by atoms with E-state index in [2.05, 4.69) is 21.0 Å². The smallest absolute Gasteiger partial charge is 0.151 e. The number of hydrogen-bond acceptors (Lipinski definition) is 3. The van der Waals surface area contributed by atoms with E-state index in [-0.39, 0.29) is 5.82 Å². The Labute approximate surface area is 112 Å². The SMILES string of the molecule is Nc1nn(-c2ccc(F)cc2Br)c2c1COCC2. The van der Waals surface area contributed by atoms with Crippen LogP contribution in [0.4, 0.5) is 10.2 Å². The van der Waals surface area contributed by atoms with Gasteiger partial charge < -0.3 is 10.5 Å². The highest BCUT2D eigenvalue weighted by Gasteiger charge is 2.21. The summed E-state index contributed by atoms with van der Waals surface area (Å²) in [7, 11) is 0. The topological polar surface area (TPSA) is 53.1 Å². The standard InChI is InChI=1S/C12H11BrFN3O/c13-9-5-7(14)1-2-11(9)17-10-3-4-18-6-8(10)12(15)16-17/h1-2,5H,3-4,6H2,(H2,15,16). The van der Waals surface area contributed by atoms with Crippen LogP contribution >= 0.6 is 15.9 Å². The van der Waals surface area contributed by atoms with Crippen LogP contribution in [0.1, 0.15) is 11.3 Å². The third-order valence-electron chi connectivity index (χ3n) is 2.99. The lowest BCUT2D eigenvalue weighted by Gasteiger charge is -2.15. The van der Waals surface area contributed by atoms with Gasteiger partial charge in [-0.15, -0.1) is 0 Å². The summed E-state index contributed by atoms with van der Waals surface area (Å²) < 4.78 is 20.9. The summed E-state index contributed by atoms with van der Waals surface area (Å²) in [5.41, 5.74) is 8.62. The van der Waals surface area contributed by atoms with Crippen LogP contribution in [0.3, 0.4) is 0 Å². The average molecular weight is 312 g/mol. The van der Waals surface area contributed by atoms with Crippen LogP contribution in [0.2, 0.25) is 0 Å². The number of aromatic nitrogens is 2. The molecule has 0 saturated carbocycles. The molecule has 0 spiro atoms. The first-order valence-corrected chi connectivity index (χ1v) is 6.35. The minimum atomic E-state index is -0.289. The van der Waals surface area contributed by atoms with Crippen LogP contribution in [-0.2, 0) is 17.8 Å². The fourth-order valence-corrected chi connectivity index (χ4v) is 2.63. The van der Waals surface area contributed by atoms with Gasteiger partial charge in [0.25, 0.3) is 0 Å². The summed E-state index contributed by atoms with van der Waals surface area (Å²) >= 11 is 3.35. The van der Waals surface area contributed by atoms with Crippen molar-refractivity contribution >= 4 is 21.7 Å². The summed E-state index contributed by atoms with van der Waals surface area (Å²) in [5.74, 6) is 0.184. The third-order valence-corrected chi connectivity index (χ3v) is 3.62. The van der Waals surface area contributed by atoms with Gasteiger partial charge in [0.15, 0.2) is 5.82 Å². The quantitative estimate of drug-likeness (QED) is 0.880. The minimum Gasteiger partial charge on any atom is -0.382 e. The number of anilines is 1. The van der Waals surface area contributed by atoms with Gasteiger partial charge in [-0.3, -0.25) is 0 Å². The van der Waals surface area contributed by atoms with Crippen molar-refractivity contribution < 1.29 is 9.13 Å². The van der Waals surface area contributed by atoms with E-state index in [9.17, 15) is 4.39 Å². The van der Waals surface area contributed by atoms with Gasteiger partial charge >= 0.3 is 0 Å². The molecule has 2 N–H and O–H groups in total. The molecule has 94 valence electrons. The zero-order valence-corrected chi connectivity index (χ0v) is 11.1. The molecule has 0 radical (unpaired) electrons. The zero-order valence-electron chi connectivity index (χ0n) is 9.49. The van der Waals surface area contributed by atoms with E-state index < -0.39 is 0 Å². The van der Waals surface area contributed by atoms with Crippen LogP contribution < -0.4 is 5.73 Å². The first-order chi connectivity index (χ1) is 8.66. The Morgan fingerprint density at radius 1 is 1.44 bits per heavy atom. The van der Waals surface area contributed by atoms with Crippen molar-refractivity contribution in [3.8, 4) is 5.69 Å². The molecule has 1 aliphatic heterocycles. The third kappa shape index (κ3) is 1.81. The van der Waals surface area contributed by atoms with E-state index in [1.54, 1.807) is 10.7 Å². The molecule has 0 bridgehead atoms. The van der Waals surface area contributed by atoms with Crippen molar-refractivity contribution in [3.05, 3.63) is 39.7 Å². The van der Waals surface area contributed by atoms with E-state index >= 15 is 0 Å². The number of hydrogen-bond donors (Lipinski definition) is 1. The van der Waals surface area contributed by atoms with E-state index in [0.717, 1.165) is 23.4 Å². The molecule has 1 aliphatic rings. The normalized spacial score (nSPS) is 14.6. The number of nitrogens with zero attached hydrogens (tertiary/aromatic N) is 2. The maximum Gasteiger partial charge on any atom is 0.151 e. The van der Waals surface area contributed by atoms with Crippen molar-refractivity contribution in [1.82, 2.24) is 9.78 Å². The number of benzene rings is 1. The van der Waals surface area contributed by atoms with Crippen molar-refractivity contribution in [2.75, 3.05) is 12.3 Å². The van der Waals surface area contributed by atoms with Crippen LogP contribution in [0.25, 0.3) is 5.69 Å². The lowest BCUT2D eigenvalue weighted by Crippen LogP contribution is -2.13. The second-order valence-corrected chi connectivity index (χ2v) is 4.97. The Morgan fingerprint density at radius 3 is 3.06 bits per heavy atom. The predicted molar refractivity (Wildman–Crippen MR) is 69.0 cm³/mol. The number of halogens is 2. The highest BCUT2D eigenvalue weighted by molar-refractivity contribution is 9.10. The van der Waals surface area contributed by atoms with Crippen molar-refractivity contribution in [2.45, 2.75) is 13.0 Å². The van der Waals surface area contributed by atoms with Gasteiger partial charge in [-0.25, -0.2) is 9.07 Å². The monoisotopic (exact) mass is 311 g/mol. The number of nitrogens with two attached hydrogens (primary N) is 1. The van der Waals surface area contributed by atoms with Gasteiger partial charge in [-0.05, 0) is 34.1 Å². The summed E-state index contributed by atoms with van der Waals surface area (Å²) in [6, 6.07) is 4.50. The molecule has 18 heavy (non-hydrogen) atoms. The van der Waals surface area contributed by atoms with Gasteiger partial charge in [0, 0.05) is 16.5 Å². The fourth-order valence-electron chi connectivity index (χ4n) is 2.11. The molecule has 2 heterocycles. The highest BCUT2D eigenvalue weighted by Crippen LogP contribution is 2.29. The van der Waals surface area contributed by atoms with E-state index in [1.807, 2.05) is 0 Å². The number of nitrogen functional groups attached to an aromatic ring is 1. The molecule has 6 heteroatoms. The van der Waals surface area contributed by atoms with Gasteiger partial charge in [0.2, 0.25) is 0 Å². The molecule has 0 aliphatic carbocycles. The van der Waals surface area contributed by atoms with Crippen LogP contribution in [-0.4, -0.2) is 16.4 Å². The summed E-state index contributed by atoms with van der Waals surface area (Å²) in [6.07, 6.45) is 0.753. The van der Waals surface area contributed by atoms with E-state index in [4.69, 9.17) is 10.5 Å². The van der Waals surface area contributed by atoms with Gasteiger partial charge in [-0.2, -0.15) is 5.10 Å². The van der Waals surface area contributed by atoms with Gasteiger partial charge in [0.05, 0.1) is 24.6 Å². The molecular weight excluding hydrogens is 301 g/mol. The van der Waals surface area contributed by atoms with Gasteiger partial charge in [-0.1, -0.05) is 0 Å². The van der Waals surface area contributed by atoms with Crippen LogP contribution in [0.15, 0.2) is 22.7 Å². The summed E-state index contributed by atoms with van der Waals surface area (Å²) in [5, 5.41) is 4.31. The maximum absolute atomic E-state index is 13.1. The van der Waals surface area contributed by atoms with Crippen molar-refractivity contribution in [2.24, 2.45) is 0 Å². The molecule has 4 nitrogen and oxygen atoms in total.